The average molecular weight is 312 g/mol. The summed E-state index contributed by atoms with van der Waals surface area (Å²) >= 11 is 5.45. The normalized spacial score (nSPS) is 11.9. The molecule has 0 aliphatic heterocycles. The fraction of sp³-hybridized carbons (Fsp3) is 0.316. The molecule has 0 spiro atoms. The van der Waals surface area contributed by atoms with E-state index in [0.29, 0.717) is 5.11 Å². The number of aryl methyl sites for hydroxylation is 4. The van der Waals surface area contributed by atoms with Crippen molar-refractivity contribution in [2.45, 2.75) is 40.7 Å². The number of thiocarbonyl (C=S) groups is 1. The maximum absolute atomic E-state index is 5.45. The lowest BCUT2D eigenvalue weighted by Gasteiger charge is -2.20. The van der Waals surface area contributed by atoms with Crippen LogP contribution in [0.5, 0.6) is 0 Å². The lowest BCUT2D eigenvalue weighted by Crippen LogP contribution is -2.31. The Balaban J connectivity index is 2.05. The number of nitrogens with one attached hydrogen (secondary N) is 2. The third-order valence-corrected chi connectivity index (χ3v) is 3.94. The molecular weight excluding hydrogens is 288 g/mol. The van der Waals surface area contributed by atoms with E-state index in [4.69, 9.17) is 12.2 Å². The number of benzene rings is 2. The Kier molecular flexibility index (Phi) is 5.19. The van der Waals surface area contributed by atoms with Crippen LogP contribution in [-0.4, -0.2) is 5.11 Å². The van der Waals surface area contributed by atoms with Crippen LogP contribution in [0.25, 0.3) is 0 Å². The molecule has 116 valence electrons. The number of hydrogen-bond acceptors (Lipinski definition) is 1. The molecule has 0 radical (unpaired) electrons. The van der Waals surface area contributed by atoms with Gasteiger partial charge in [-0.15, -0.1) is 0 Å². The minimum atomic E-state index is 0.173. The van der Waals surface area contributed by atoms with E-state index in [-0.39, 0.29) is 6.04 Å². The Labute approximate surface area is 139 Å². The summed E-state index contributed by atoms with van der Waals surface area (Å²) in [6, 6.07) is 13.0. The van der Waals surface area contributed by atoms with Crippen molar-refractivity contribution in [3.8, 4) is 0 Å². The van der Waals surface area contributed by atoms with Crippen LogP contribution in [0.2, 0.25) is 0 Å². The molecule has 3 heteroatoms. The summed E-state index contributed by atoms with van der Waals surface area (Å²) in [6.45, 7) is 10.6. The molecule has 0 bridgehead atoms. The van der Waals surface area contributed by atoms with Gasteiger partial charge in [-0.25, -0.2) is 0 Å². The van der Waals surface area contributed by atoms with Gasteiger partial charge >= 0.3 is 0 Å². The minimum Gasteiger partial charge on any atom is -0.356 e. The Morgan fingerprint density at radius 2 is 1.55 bits per heavy atom. The van der Waals surface area contributed by atoms with Crippen molar-refractivity contribution in [1.82, 2.24) is 5.32 Å². The van der Waals surface area contributed by atoms with E-state index < -0.39 is 0 Å². The maximum Gasteiger partial charge on any atom is 0.171 e. The predicted octanol–water partition coefficient (Wildman–Crippen LogP) is 4.97. The maximum atomic E-state index is 5.45. The summed E-state index contributed by atoms with van der Waals surface area (Å²) < 4.78 is 0. The van der Waals surface area contributed by atoms with Gasteiger partial charge in [-0.1, -0.05) is 29.8 Å². The van der Waals surface area contributed by atoms with Gasteiger partial charge < -0.3 is 10.6 Å². The Morgan fingerprint density at radius 3 is 2.14 bits per heavy atom. The first-order chi connectivity index (χ1) is 10.3. The smallest absolute Gasteiger partial charge is 0.171 e. The van der Waals surface area contributed by atoms with Gasteiger partial charge in [0.05, 0.1) is 6.04 Å². The highest BCUT2D eigenvalue weighted by Gasteiger charge is 2.10. The van der Waals surface area contributed by atoms with E-state index in [1.54, 1.807) is 0 Å². The van der Waals surface area contributed by atoms with E-state index in [0.717, 1.165) is 5.69 Å². The molecule has 0 aliphatic carbocycles. The molecule has 2 nitrogen and oxygen atoms in total. The summed E-state index contributed by atoms with van der Waals surface area (Å²) in [7, 11) is 0. The second-order valence-corrected chi connectivity index (χ2v) is 6.46. The molecular formula is C19H24N2S. The summed E-state index contributed by atoms with van der Waals surface area (Å²) in [5.74, 6) is 0. The third kappa shape index (κ3) is 4.31. The SMILES string of the molecule is Cc1cc(C)cc(NC(=S)N[C@H](C)c2ccc(C)cc2C)c1. The van der Waals surface area contributed by atoms with Crippen molar-refractivity contribution in [2.75, 3.05) is 5.32 Å². The first kappa shape index (κ1) is 16.5. The van der Waals surface area contributed by atoms with Gasteiger partial charge in [-0.3, -0.25) is 0 Å². The zero-order valence-corrected chi connectivity index (χ0v) is 14.8. The number of hydrogen-bond donors (Lipinski definition) is 2. The van der Waals surface area contributed by atoms with Crippen LogP contribution in [0.15, 0.2) is 36.4 Å². The van der Waals surface area contributed by atoms with Gasteiger partial charge in [0.25, 0.3) is 0 Å². The van der Waals surface area contributed by atoms with E-state index in [1.165, 1.54) is 27.8 Å². The van der Waals surface area contributed by atoms with Crippen LogP contribution in [0.4, 0.5) is 5.69 Å². The molecule has 2 N–H and O–H groups in total. The first-order valence-corrected chi connectivity index (χ1v) is 7.99. The van der Waals surface area contributed by atoms with E-state index in [1.807, 2.05) is 0 Å². The molecule has 1 atom stereocenters. The van der Waals surface area contributed by atoms with Crippen LogP contribution >= 0.6 is 12.2 Å². The monoisotopic (exact) mass is 312 g/mol. The van der Waals surface area contributed by atoms with Crippen molar-refractivity contribution in [3.63, 3.8) is 0 Å². The van der Waals surface area contributed by atoms with Gasteiger partial charge in [-0.2, -0.15) is 0 Å². The van der Waals surface area contributed by atoms with E-state index >= 15 is 0 Å². The minimum absolute atomic E-state index is 0.173. The largest absolute Gasteiger partial charge is 0.356 e. The molecule has 0 unspecified atom stereocenters. The Bertz CT molecular complexity index is 672. The standard InChI is InChI=1S/C19H24N2S/c1-12-6-7-18(15(4)9-12)16(5)20-19(22)21-17-10-13(2)8-14(3)11-17/h6-11,16H,1-5H3,(H2,20,21,22)/t16-/m1/s1. The van der Waals surface area contributed by atoms with Crippen molar-refractivity contribution < 1.29 is 0 Å². The molecule has 0 aliphatic rings. The van der Waals surface area contributed by atoms with Crippen molar-refractivity contribution >= 4 is 23.0 Å². The topological polar surface area (TPSA) is 24.1 Å². The zero-order valence-electron chi connectivity index (χ0n) is 13.9. The third-order valence-electron chi connectivity index (χ3n) is 3.72. The van der Waals surface area contributed by atoms with E-state index in [9.17, 15) is 0 Å². The molecule has 0 amide bonds. The van der Waals surface area contributed by atoms with Crippen LogP contribution in [0.3, 0.4) is 0 Å². The molecule has 2 aromatic rings. The second kappa shape index (κ2) is 6.93. The van der Waals surface area contributed by atoms with E-state index in [2.05, 4.69) is 81.7 Å². The molecule has 2 aromatic carbocycles. The average Bonchev–Trinajstić information content (AvgIpc) is 2.36. The number of rotatable bonds is 3. The lowest BCUT2D eigenvalue weighted by atomic mass is 10.0. The van der Waals surface area contributed by atoms with Gasteiger partial charge in [0.1, 0.15) is 0 Å². The highest BCUT2D eigenvalue weighted by Crippen LogP contribution is 2.19. The molecule has 0 saturated heterocycles. The molecule has 0 aromatic heterocycles. The molecule has 2 rings (SSSR count). The van der Waals surface area contributed by atoms with Gasteiger partial charge in [0.2, 0.25) is 0 Å². The van der Waals surface area contributed by atoms with Crippen LogP contribution in [0, 0.1) is 27.7 Å². The van der Waals surface area contributed by atoms with Crippen molar-refractivity contribution in [2.24, 2.45) is 0 Å². The van der Waals surface area contributed by atoms with Gasteiger partial charge in [0, 0.05) is 5.69 Å². The summed E-state index contributed by atoms with van der Waals surface area (Å²) in [6.07, 6.45) is 0. The highest BCUT2D eigenvalue weighted by atomic mass is 32.1. The predicted molar refractivity (Wildman–Crippen MR) is 99.6 cm³/mol. The van der Waals surface area contributed by atoms with Crippen LogP contribution < -0.4 is 10.6 Å². The Morgan fingerprint density at radius 1 is 0.909 bits per heavy atom. The second-order valence-electron chi connectivity index (χ2n) is 6.06. The lowest BCUT2D eigenvalue weighted by molar-refractivity contribution is 0.717. The molecule has 22 heavy (non-hydrogen) atoms. The molecule has 0 heterocycles. The van der Waals surface area contributed by atoms with Crippen molar-refractivity contribution in [1.29, 1.82) is 0 Å². The highest BCUT2D eigenvalue weighted by molar-refractivity contribution is 7.80. The number of anilines is 1. The zero-order chi connectivity index (χ0) is 16.3. The fourth-order valence-corrected chi connectivity index (χ4v) is 3.09. The molecule has 0 fully saturated rings. The summed E-state index contributed by atoms with van der Waals surface area (Å²) in [5, 5.41) is 7.29. The summed E-state index contributed by atoms with van der Waals surface area (Å²) in [5.41, 5.74) is 7.33. The summed E-state index contributed by atoms with van der Waals surface area (Å²) in [4.78, 5) is 0. The fourth-order valence-electron chi connectivity index (χ4n) is 2.80. The van der Waals surface area contributed by atoms with Gasteiger partial charge in [-0.05, 0) is 81.2 Å². The Hall–Kier alpha value is -1.87. The van der Waals surface area contributed by atoms with Crippen LogP contribution in [0.1, 0.15) is 40.8 Å². The van der Waals surface area contributed by atoms with Crippen molar-refractivity contribution in [3.05, 3.63) is 64.2 Å². The molecule has 0 saturated carbocycles. The quantitative estimate of drug-likeness (QED) is 0.783. The van der Waals surface area contributed by atoms with Crippen LogP contribution in [-0.2, 0) is 0 Å². The first-order valence-electron chi connectivity index (χ1n) is 7.58. The van der Waals surface area contributed by atoms with Gasteiger partial charge in [0.15, 0.2) is 5.11 Å².